The first kappa shape index (κ1) is 16.2. The highest BCUT2D eigenvalue weighted by atomic mass is 32.2. The highest BCUT2D eigenvalue weighted by Gasteiger charge is 2.14. The van der Waals surface area contributed by atoms with E-state index in [1.165, 1.54) is 18.6 Å². The molecule has 2 amide bonds. The average molecular weight is 261 g/mol. The van der Waals surface area contributed by atoms with Crippen LogP contribution in [0.2, 0.25) is 0 Å². The van der Waals surface area contributed by atoms with E-state index < -0.39 is 11.9 Å². The molecule has 0 aromatic rings. The van der Waals surface area contributed by atoms with Gasteiger partial charge in [0, 0.05) is 6.54 Å². The van der Waals surface area contributed by atoms with Gasteiger partial charge >= 0.3 is 0 Å². The Morgan fingerprint density at radius 2 is 1.88 bits per heavy atom. The van der Waals surface area contributed by atoms with Crippen LogP contribution in [0.4, 0.5) is 0 Å². The first-order chi connectivity index (χ1) is 8.07. The summed E-state index contributed by atoms with van der Waals surface area (Å²) in [5, 5.41) is 2.70. The highest BCUT2D eigenvalue weighted by molar-refractivity contribution is 7.98. The molecule has 0 aliphatic rings. The first-order valence-electron chi connectivity index (χ1n) is 5.88. The van der Waals surface area contributed by atoms with Gasteiger partial charge in [0.05, 0.1) is 12.5 Å². The summed E-state index contributed by atoms with van der Waals surface area (Å²) in [4.78, 5) is 21.9. The minimum Gasteiger partial charge on any atom is -0.370 e. The number of primary amides is 1. The van der Waals surface area contributed by atoms with Crippen molar-refractivity contribution in [1.29, 1.82) is 0 Å². The number of carbonyl (C=O) groups is 2. The Morgan fingerprint density at radius 3 is 2.47 bits per heavy atom. The van der Waals surface area contributed by atoms with E-state index in [0.717, 1.165) is 12.8 Å². The van der Waals surface area contributed by atoms with E-state index >= 15 is 0 Å². The molecule has 0 spiro atoms. The van der Waals surface area contributed by atoms with E-state index in [1.54, 1.807) is 0 Å². The molecule has 1 unspecified atom stereocenters. The number of amides is 2. The molecule has 6 heteroatoms. The largest absolute Gasteiger partial charge is 0.370 e. The van der Waals surface area contributed by atoms with Crippen molar-refractivity contribution in [2.24, 2.45) is 11.5 Å². The minimum absolute atomic E-state index is 0.0977. The molecule has 0 heterocycles. The van der Waals surface area contributed by atoms with E-state index in [9.17, 15) is 9.59 Å². The summed E-state index contributed by atoms with van der Waals surface area (Å²) < 4.78 is 0. The molecule has 0 radical (unpaired) electrons. The summed E-state index contributed by atoms with van der Waals surface area (Å²) in [7, 11) is 0. The quantitative estimate of drug-likeness (QED) is 0.490. The average Bonchev–Trinajstić information content (AvgIpc) is 2.26. The van der Waals surface area contributed by atoms with Gasteiger partial charge in [-0.1, -0.05) is 12.8 Å². The zero-order chi connectivity index (χ0) is 13.1. The summed E-state index contributed by atoms with van der Waals surface area (Å²) in [5.41, 5.74) is 10.4. The number of rotatable bonds is 10. The molecule has 0 aliphatic carbocycles. The third kappa shape index (κ3) is 10.1. The number of nitrogens with one attached hydrogen (secondary N) is 1. The molecule has 0 saturated heterocycles. The number of hydrogen-bond acceptors (Lipinski definition) is 4. The second-order valence-electron chi connectivity index (χ2n) is 3.97. The smallest absolute Gasteiger partial charge is 0.237 e. The monoisotopic (exact) mass is 261 g/mol. The fraction of sp³-hybridized carbons (Fsp3) is 0.818. The van der Waals surface area contributed by atoms with E-state index in [-0.39, 0.29) is 12.3 Å². The van der Waals surface area contributed by atoms with Crippen LogP contribution in [0.1, 0.15) is 32.1 Å². The van der Waals surface area contributed by atoms with Crippen molar-refractivity contribution in [2.75, 3.05) is 18.6 Å². The number of unbranched alkanes of at least 4 members (excludes halogenated alkanes) is 3. The Balaban J connectivity index is 3.41. The zero-order valence-corrected chi connectivity index (χ0v) is 11.2. The lowest BCUT2D eigenvalue weighted by Crippen LogP contribution is -2.43. The third-order valence-corrected chi connectivity index (χ3v) is 3.03. The molecule has 0 bridgehead atoms. The molecule has 5 N–H and O–H groups in total. The fourth-order valence-corrected chi connectivity index (χ4v) is 1.87. The van der Waals surface area contributed by atoms with Gasteiger partial charge in [-0.25, -0.2) is 0 Å². The van der Waals surface area contributed by atoms with Gasteiger partial charge in [0.1, 0.15) is 0 Å². The van der Waals surface area contributed by atoms with Crippen molar-refractivity contribution < 1.29 is 9.59 Å². The van der Waals surface area contributed by atoms with Crippen molar-refractivity contribution in [3.8, 4) is 0 Å². The maximum Gasteiger partial charge on any atom is 0.237 e. The van der Waals surface area contributed by atoms with Crippen LogP contribution in [0.15, 0.2) is 0 Å². The van der Waals surface area contributed by atoms with Crippen molar-refractivity contribution in [1.82, 2.24) is 5.32 Å². The van der Waals surface area contributed by atoms with Gasteiger partial charge in [-0.05, 0) is 24.9 Å². The van der Waals surface area contributed by atoms with Crippen LogP contribution in [0.3, 0.4) is 0 Å². The van der Waals surface area contributed by atoms with Gasteiger partial charge in [-0.2, -0.15) is 11.8 Å². The topological polar surface area (TPSA) is 98.2 Å². The van der Waals surface area contributed by atoms with Crippen LogP contribution in [-0.2, 0) is 9.59 Å². The highest BCUT2D eigenvalue weighted by Crippen LogP contribution is 2.03. The maximum absolute atomic E-state index is 11.4. The van der Waals surface area contributed by atoms with Crippen LogP contribution in [0, 0.1) is 0 Å². The lowest BCUT2D eigenvalue weighted by Gasteiger charge is -2.10. The fourth-order valence-electron chi connectivity index (χ4n) is 1.38. The Bertz CT molecular complexity index is 237. The Kier molecular flexibility index (Phi) is 9.95. The summed E-state index contributed by atoms with van der Waals surface area (Å²) in [6.45, 7) is 0.616. The Hall–Kier alpha value is -0.750. The molecule has 0 fully saturated rings. The summed E-state index contributed by atoms with van der Waals surface area (Å²) in [6.07, 6.45) is 6.45. The molecule has 17 heavy (non-hydrogen) atoms. The number of thioether (sulfide) groups is 1. The van der Waals surface area contributed by atoms with Gasteiger partial charge in [-0.15, -0.1) is 0 Å². The molecular formula is C11H23N3O2S. The molecule has 100 valence electrons. The summed E-state index contributed by atoms with van der Waals surface area (Å²) in [5.74, 6) is 0.341. The van der Waals surface area contributed by atoms with Crippen LogP contribution < -0.4 is 16.8 Å². The maximum atomic E-state index is 11.4. The Labute approximate surface area is 107 Å². The van der Waals surface area contributed by atoms with Gasteiger partial charge in [0.25, 0.3) is 0 Å². The molecule has 1 atom stereocenters. The first-order valence-corrected chi connectivity index (χ1v) is 7.28. The summed E-state index contributed by atoms with van der Waals surface area (Å²) in [6, 6.07) is -0.816. The van der Waals surface area contributed by atoms with Crippen molar-refractivity contribution in [3.05, 3.63) is 0 Å². The molecule has 0 aromatic heterocycles. The van der Waals surface area contributed by atoms with Gasteiger partial charge < -0.3 is 16.8 Å². The SMILES string of the molecule is CSCCCCCCNC(=O)C(N)CC(N)=O. The van der Waals surface area contributed by atoms with Crippen LogP contribution in [0.25, 0.3) is 0 Å². The number of nitrogens with two attached hydrogens (primary N) is 2. The van der Waals surface area contributed by atoms with E-state index in [0.29, 0.717) is 6.54 Å². The number of carbonyl (C=O) groups excluding carboxylic acids is 2. The lowest BCUT2D eigenvalue weighted by atomic mass is 10.2. The van der Waals surface area contributed by atoms with Crippen LogP contribution in [-0.4, -0.2) is 36.4 Å². The lowest BCUT2D eigenvalue weighted by molar-refractivity contribution is -0.126. The van der Waals surface area contributed by atoms with E-state index in [4.69, 9.17) is 11.5 Å². The summed E-state index contributed by atoms with van der Waals surface area (Å²) >= 11 is 1.85. The van der Waals surface area contributed by atoms with Crippen LogP contribution >= 0.6 is 11.8 Å². The molecule has 0 saturated carbocycles. The van der Waals surface area contributed by atoms with Gasteiger partial charge in [0.2, 0.25) is 11.8 Å². The molecule has 0 aromatic carbocycles. The minimum atomic E-state index is -0.816. The van der Waals surface area contributed by atoms with Gasteiger partial charge in [0.15, 0.2) is 0 Å². The van der Waals surface area contributed by atoms with Crippen LogP contribution in [0.5, 0.6) is 0 Å². The predicted molar refractivity (Wildman–Crippen MR) is 71.6 cm³/mol. The predicted octanol–water partition coefficient (Wildman–Crippen LogP) is 0.229. The second-order valence-corrected chi connectivity index (χ2v) is 4.96. The Morgan fingerprint density at radius 1 is 1.24 bits per heavy atom. The molecule has 0 rings (SSSR count). The second kappa shape index (κ2) is 10.4. The number of hydrogen-bond donors (Lipinski definition) is 3. The van der Waals surface area contributed by atoms with Gasteiger partial charge in [-0.3, -0.25) is 9.59 Å². The van der Waals surface area contributed by atoms with Crippen molar-refractivity contribution in [3.63, 3.8) is 0 Å². The normalized spacial score (nSPS) is 12.1. The molecule has 0 aliphatic heterocycles. The zero-order valence-electron chi connectivity index (χ0n) is 10.4. The van der Waals surface area contributed by atoms with Crippen molar-refractivity contribution in [2.45, 2.75) is 38.1 Å². The molecular weight excluding hydrogens is 238 g/mol. The third-order valence-electron chi connectivity index (χ3n) is 2.33. The van der Waals surface area contributed by atoms with E-state index in [1.807, 2.05) is 11.8 Å². The van der Waals surface area contributed by atoms with Crippen molar-refractivity contribution >= 4 is 23.6 Å². The van der Waals surface area contributed by atoms with E-state index in [2.05, 4.69) is 11.6 Å². The standard InChI is InChI=1S/C11H23N3O2S/c1-17-7-5-3-2-4-6-14-11(16)9(12)8-10(13)15/h9H,2-8,12H2,1H3,(H2,13,15)(H,14,16). The molecule has 5 nitrogen and oxygen atoms in total.